The number of hydrogen-bond acceptors (Lipinski definition) is 3. The molecule has 0 spiro atoms. The molecule has 0 unspecified atom stereocenters. The first kappa shape index (κ1) is 18.6. The Hall–Kier alpha value is -1.72. The zero-order chi connectivity index (χ0) is 17.5. The molecule has 128 valence electrons. The van der Waals surface area contributed by atoms with Crippen LogP contribution in [0.4, 0.5) is 0 Å². The normalized spacial score (nSPS) is 11.7. The Kier molecular flexibility index (Phi) is 6.94. The second-order valence-electron chi connectivity index (χ2n) is 5.22. The van der Waals surface area contributed by atoms with Gasteiger partial charge < -0.3 is 14.8 Å². The van der Waals surface area contributed by atoms with Gasteiger partial charge in [0.2, 0.25) is 0 Å². The van der Waals surface area contributed by atoms with E-state index < -0.39 is 6.10 Å². The van der Waals surface area contributed by atoms with Crippen LogP contribution in [0.5, 0.6) is 11.5 Å². The third-order valence-corrected chi connectivity index (χ3v) is 4.29. The summed E-state index contributed by atoms with van der Waals surface area (Å²) in [5.74, 6) is 1.24. The van der Waals surface area contributed by atoms with Crippen molar-refractivity contribution in [3.05, 3.63) is 57.5 Å². The smallest absolute Gasteiger partial charge is 0.260 e. The Morgan fingerprint density at radius 2 is 1.96 bits per heavy atom. The van der Waals surface area contributed by atoms with E-state index >= 15 is 0 Å². The quantitative estimate of drug-likeness (QED) is 0.740. The van der Waals surface area contributed by atoms with E-state index in [1.807, 2.05) is 24.3 Å². The molecule has 0 bridgehead atoms. The van der Waals surface area contributed by atoms with Gasteiger partial charge in [-0.2, -0.15) is 0 Å². The number of benzene rings is 2. The maximum Gasteiger partial charge on any atom is 0.260 e. The Labute approximate surface area is 155 Å². The fourth-order valence-electron chi connectivity index (χ4n) is 2.08. The maximum absolute atomic E-state index is 12.1. The summed E-state index contributed by atoms with van der Waals surface area (Å²) in [5, 5.41) is 3.48. The van der Waals surface area contributed by atoms with E-state index in [1.165, 1.54) is 0 Å². The van der Waals surface area contributed by atoms with Crippen molar-refractivity contribution in [2.45, 2.75) is 19.4 Å². The van der Waals surface area contributed by atoms with Gasteiger partial charge >= 0.3 is 0 Å². The van der Waals surface area contributed by atoms with Crippen LogP contribution in [0.1, 0.15) is 12.5 Å². The standard InChI is InChI=1S/C18H19BrClNO3/c1-12(24-17-8-5-14(20)11-16(17)19)18(22)21-10-9-13-3-6-15(23-2)7-4-13/h3-8,11-12H,9-10H2,1-2H3,(H,21,22)/t12-/m0/s1. The van der Waals surface area contributed by atoms with Crippen molar-refractivity contribution in [2.24, 2.45) is 0 Å². The number of rotatable bonds is 7. The third kappa shape index (κ3) is 5.42. The molecule has 24 heavy (non-hydrogen) atoms. The Balaban J connectivity index is 1.80. The number of carbonyl (C=O) groups is 1. The van der Waals surface area contributed by atoms with Crippen LogP contribution < -0.4 is 14.8 Å². The highest BCUT2D eigenvalue weighted by atomic mass is 79.9. The van der Waals surface area contributed by atoms with Crippen LogP contribution in [0.15, 0.2) is 46.9 Å². The Morgan fingerprint density at radius 3 is 2.58 bits per heavy atom. The molecule has 2 aromatic rings. The number of carbonyl (C=O) groups excluding carboxylic acids is 1. The molecule has 0 radical (unpaired) electrons. The summed E-state index contributed by atoms with van der Waals surface area (Å²) in [5.41, 5.74) is 1.13. The predicted molar refractivity (Wildman–Crippen MR) is 98.9 cm³/mol. The molecule has 0 aliphatic carbocycles. The van der Waals surface area contributed by atoms with Crippen molar-refractivity contribution in [2.75, 3.05) is 13.7 Å². The molecule has 2 aromatic carbocycles. The van der Waals surface area contributed by atoms with Gasteiger partial charge in [-0.25, -0.2) is 0 Å². The maximum atomic E-state index is 12.1. The van der Waals surface area contributed by atoms with Crippen molar-refractivity contribution in [1.82, 2.24) is 5.32 Å². The lowest BCUT2D eigenvalue weighted by molar-refractivity contribution is -0.127. The number of hydrogen-bond donors (Lipinski definition) is 1. The van der Waals surface area contributed by atoms with Crippen LogP contribution in [-0.2, 0) is 11.2 Å². The Morgan fingerprint density at radius 1 is 1.25 bits per heavy atom. The van der Waals surface area contributed by atoms with Gasteiger partial charge in [0, 0.05) is 11.6 Å². The van der Waals surface area contributed by atoms with E-state index in [0.29, 0.717) is 21.8 Å². The van der Waals surface area contributed by atoms with Crippen molar-refractivity contribution >= 4 is 33.4 Å². The molecule has 0 aliphatic rings. The van der Waals surface area contributed by atoms with E-state index in [9.17, 15) is 4.79 Å². The summed E-state index contributed by atoms with van der Waals surface area (Å²) < 4.78 is 11.5. The Bertz CT molecular complexity index is 691. The van der Waals surface area contributed by atoms with E-state index in [-0.39, 0.29) is 5.91 Å². The molecule has 0 saturated heterocycles. The second-order valence-corrected chi connectivity index (χ2v) is 6.51. The van der Waals surface area contributed by atoms with Crippen molar-refractivity contribution in [3.63, 3.8) is 0 Å². The van der Waals surface area contributed by atoms with Gasteiger partial charge in [-0.1, -0.05) is 23.7 Å². The minimum Gasteiger partial charge on any atom is -0.497 e. The van der Waals surface area contributed by atoms with E-state index in [0.717, 1.165) is 17.7 Å². The highest BCUT2D eigenvalue weighted by Crippen LogP contribution is 2.28. The predicted octanol–water partition coefficient (Wildman–Crippen LogP) is 4.24. The fourth-order valence-corrected chi connectivity index (χ4v) is 2.86. The van der Waals surface area contributed by atoms with Crippen LogP contribution >= 0.6 is 27.5 Å². The molecule has 6 heteroatoms. The number of nitrogens with one attached hydrogen (secondary N) is 1. The van der Waals surface area contributed by atoms with Gasteiger partial charge in [0.25, 0.3) is 5.91 Å². The summed E-state index contributed by atoms with van der Waals surface area (Å²) in [6.07, 6.45) is 0.144. The molecule has 2 rings (SSSR count). The lowest BCUT2D eigenvalue weighted by Crippen LogP contribution is -2.37. The third-order valence-electron chi connectivity index (χ3n) is 3.44. The SMILES string of the molecule is COc1ccc(CCNC(=O)[C@H](C)Oc2ccc(Cl)cc2Br)cc1. The van der Waals surface area contributed by atoms with Gasteiger partial charge in [-0.3, -0.25) is 4.79 Å². The lowest BCUT2D eigenvalue weighted by atomic mass is 10.1. The largest absolute Gasteiger partial charge is 0.497 e. The first-order valence-corrected chi connectivity index (χ1v) is 8.69. The zero-order valence-corrected chi connectivity index (χ0v) is 15.9. The van der Waals surface area contributed by atoms with E-state index in [4.69, 9.17) is 21.1 Å². The summed E-state index contributed by atoms with van der Waals surface area (Å²) in [6, 6.07) is 12.9. The molecule has 1 atom stereocenters. The topological polar surface area (TPSA) is 47.6 Å². The van der Waals surface area contributed by atoms with Crippen LogP contribution in [-0.4, -0.2) is 25.7 Å². The van der Waals surface area contributed by atoms with Crippen LogP contribution in [0.2, 0.25) is 5.02 Å². The van der Waals surface area contributed by atoms with Gasteiger partial charge in [-0.05, 0) is 65.2 Å². The minimum absolute atomic E-state index is 0.162. The number of halogens is 2. The number of ether oxygens (including phenoxy) is 2. The molecular formula is C18H19BrClNO3. The monoisotopic (exact) mass is 411 g/mol. The van der Waals surface area contributed by atoms with Crippen molar-refractivity contribution in [1.29, 1.82) is 0 Å². The number of amides is 1. The first-order chi connectivity index (χ1) is 11.5. The molecule has 0 aliphatic heterocycles. The van der Waals surface area contributed by atoms with Gasteiger partial charge in [0.15, 0.2) is 6.10 Å². The summed E-state index contributed by atoms with van der Waals surface area (Å²) in [6.45, 7) is 2.25. The molecule has 1 amide bonds. The molecule has 0 fully saturated rings. The second kappa shape index (κ2) is 8.94. The van der Waals surface area contributed by atoms with Crippen molar-refractivity contribution < 1.29 is 14.3 Å². The van der Waals surface area contributed by atoms with Crippen LogP contribution in [0, 0.1) is 0 Å². The first-order valence-electron chi connectivity index (χ1n) is 7.52. The molecular weight excluding hydrogens is 394 g/mol. The van der Waals surface area contributed by atoms with Crippen LogP contribution in [0.25, 0.3) is 0 Å². The van der Waals surface area contributed by atoms with Crippen molar-refractivity contribution in [3.8, 4) is 11.5 Å². The average Bonchev–Trinajstić information content (AvgIpc) is 2.57. The van der Waals surface area contributed by atoms with Gasteiger partial charge in [0.1, 0.15) is 11.5 Å². The molecule has 0 heterocycles. The number of methoxy groups -OCH3 is 1. The lowest BCUT2D eigenvalue weighted by Gasteiger charge is -2.16. The molecule has 1 N–H and O–H groups in total. The highest BCUT2D eigenvalue weighted by molar-refractivity contribution is 9.10. The molecule has 4 nitrogen and oxygen atoms in total. The van der Waals surface area contributed by atoms with Gasteiger partial charge in [-0.15, -0.1) is 0 Å². The van der Waals surface area contributed by atoms with Crippen LogP contribution in [0.3, 0.4) is 0 Å². The van der Waals surface area contributed by atoms with Gasteiger partial charge in [0.05, 0.1) is 11.6 Å². The molecule has 0 aromatic heterocycles. The fraction of sp³-hybridized carbons (Fsp3) is 0.278. The highest BCUT2D eigenvalue weighted by Gasteiger charge is 2.15. The summed E-state index contributed by atoms with van der Waals surface area (Å²) in [4.78, 5) is 12.1. The summed E-state index contributed by atoms with van der Waals surface area (Å²) in [7, 11) is 1.63. The minimum atomic E-state index is -0.599. The van der Waals surface area contributed by atoms with E-state index in [2.05, 4.69) is 21.2 Å². The molecule has 0 saturated carbocycles. The average molecular weight is 413 g/mol. The van der Waals surface area contributed by atoms with E-state index in [1.54, 1.807) is 32.2 Å². The summed E-state index contributed by atoms with van der Waals surface area (Å²) >= 11 is 9.26. The zero-order valence-electron chi connectivity index (χ0n) is 13.5.